The van der Waals surface area contributed by atoms with E-state index < -0.39 is 0 Å². The van der Waals surface area contributed by atoms with E-state index in [4.69, 9.17) is 9.97 Å². The van der Waals surface area contributed by atoms with E-state index in [2.05, 4.69) is 53.5 Å². The maximum absolute atomic E-state index is 11.2. The van der Waals surface area contributed by atoms with Gasteiger partial charge in [0.1, 0.15) is 0 Å². The number of hydrogen-bond donors (Lipinski definition) is 1. The minimum atomic E-state index is -0.0463. The Bertz CT molecular complexity index is 1020. The summed E-state index contributed by atoms with van der Waals surface area (Å²) in [5.74, 6) is 0.330. The molecule has 0 radical (unpaired) electrons. The number of nitrogens with one attached hydrogen (secondary N) is 1. The minimum Gasteiger partial charge on any atom is -0.326 e. The average molecular weight is 401 g/mol. The first-order valence-corrected chi connectivity index (χ1v) is 10.6. The lowest BCUT2D eigenvalue weighted by molar-refractivity contribution is -0.114. The van der Waals surface area contributed by atoms with Crippen LogP contribution in [0.1, 0.15) is 42.5 Å². The van der Waals surface area contributed by atoms with Crippen LogP contribution in [0.2, 0.25) is 0 Å². The van der Waals surface area contributed by atoms with Crippen LogP contribution < -0.4 is 5.32 Å². The third-order valence-electron chi connectivity index (χ3n) is 5.59. The fourth-order valence-corrected chi connectivity index (χ4v) is 4.24. The molecule has 2 heterocycles. The normalized spacial score (nSPS) is 16.9. The summed E-state index contributed by atoms with van der Waals surface area (Å²) in [6.07, 6.45) is 5.89. The Morgan fingerprint density at radius 3 is 2.70 bits per heavy atom. The summed E-state index contributed by atoms with van der Waals surface area (Å²) in [6, 6.07) is 16.6. The van der Waals surface area contributed by atoms with Crippen LogP contribution >= 0.6 is 0 Å². The van der Waals surface area contributed by atoms with Crippen molar-refractivity contribution in [2.75, 3.05) is 18.4 Å². The maximum Gasteiger partial charge on any atom is 0.221 e. The van der Waals surface area contributed by atoms with Crippen molar-refractivity contribution in [1.29, 1.82) is 0 Å². The van der Waals surface area contributed by atoms with E-state index in [1.807, 2.05) is 18.3 Å². The number of amides is 1. The van der Waals surface area contributed by atoms with Crippen molar-refractivity contribution in [3.05, 3.63) is 77.7 Å². The monoisotopic (exact) mass is 400 g/mol. The molecule has 5 nitrogen and oxygen atoms in total. The first-order chi connectivity index (χ1) is 14.6. The molecule has 1 aliphatic rings. The molecule has 1 aromatic heterocycles. The van der Waals surface area contributed by atoms with Crippen LogP contribution in [0.25, 0.3) is 11.3 Å². The number of carbonyl (C=O) groups is 1. The minimum absolute atomic E-state index is 0.0463. The van der Waals surface area contributed by atoms with Gasteiger partial charge in [0.2, 0.25) is 5.91 Å². The molecule has 154 valence electrons. The summed E-state index contributed by atoms with van der Waals surface area (Å²) in [5, 5.41) is 2.82. The van der Waals surface area contributed by atoms with E-state index in [1.54, 1.807) is 6.20 Å². The summed E-state index contributed by atoms with van der Waals surface area (Å²) in [7, 11) is 0. The Morgan fingerprint density at radius 1 is 1.13 bits per heavy atom. The van der Waals surface area contributed by atoms with E-state index in [-0.39, 0.29) is 5.91 Å². The van der Waals surface area contributed by atoms with Gasteiger partial charge in [-0.05, 0) is 50.1 Å². The molecule has 1 fully saturated rings. The highest BCUT2D eigenvalue weighted by molar-refractivity contribution is 5.88. The molecule has 1 saturated heterocycles. The molecular weight excluding hydrogens is 372 g/mol. The molecule has 1 amide bonds. The van der Waals surface area contributed by atoms with Gasteiger partial charge >= 0.3 is 0 Å². The number of benzene rings is 2. The molecule has 1 atom stereocenters. The van der Waals surface area contributed by atoms with Crippen LogP contribution in [0.3, 0.4) is 0 Å². The zero-order valence-electron chi connectivity index (χ0n) is 17.6. The molecule has 4 rings (SSSR count). The molecule has 0 saturated carbocycles. The Labute approximate surface area is 178 Å². The van der Waals surface area contributed by atoms with Gasteiger partial charge in [-0.2, -0.15) is 0 Å². The number of aromatic nitrogens is 2. The summed E-state index contributed by atoms with van der Waals surface area (Å²) in [6.45, 7) is 6.60. The predicted molar refractivity (Wildman–Crippen MR) is 120 cm³/mol. The van der Waals surface area contributed by atoms with E-state index in [0.717, 1.165) is 55.1 Å². The molecule has 30 heavy (non-hydrogen) atoms. The van der Waals surface area contributed by atoms with Crippen LogP contribution in [-0.4, -0.2) is 33.9 Å². The standard InChI is InChI=1S/C25H28N4O/c1-18-5-3-6-21(15-18)24-25(27-13-12-26-24)22-7-4-14-29(17-22)16-20-8-10-23(11-9-20)28-19(2)30/h3,5-6,8-13,15,22H,4,7,14,16-17H2,1-2H3,(H,28,30)/t22-/m1/s1. The van der Waals surface area contributed by atoms with Gasteiger partial charge in [-0.3, -0.25) is 19.7 Å². The molecule has 0 unspecified atom stereocenters. The van der Waals surface area contributed by atoms with E-state index in [1.165, 1.54) is 18.1 Å². The van der Waals surface area contributed by atoms with Crippen LogP contribution in [0, 0.1) is 6.92 Å². The highest BCUT2D eigenvalue weighted by atomic mass is 16.1. The van der Waals surface area contributed by atoms with Crippen molar-refractivity contribution in [1.82, 2.24) is 14.9 Å². The summed E-state index contributed by atoms with van der Waals surface area (Å²) in [5.41, 5.74) is 6.58. The molecule has 3 aromatic rings. The number of carbonyl (C=O) groups excluding carboxylic acids is 1. The van der Waals surface area contributed by atoms with Gasteiger partial charge < -0.3 is 5.32 Å². The lowest BCUT2D eigenvalue weighted by Gasteiger charge is -2.33. The van der Waals surface area contributed by atoms with Crippen molar-refractivity contribution in [2.24, 2.45) is 0 Å². The van der Waals surface area contributed by atoms with Crippen molar-refractivity contribution < 1.29 is 4.79 Å². The smallest absolute Gasteiger partial charge is 0.221 e. The molecule has 1 N–H and O–H groups in total. The Kier molecular flexibility index (Phi) is 6.19. The number of likely N-dealkylation sites (tertiary alicyclic amines) is 1. The zero-order chi connectivity index (χ0) is 20.9. The predicted octanol–water partition coefficient (Wildman–Crippen LogP) is 4.79. The van der Waals surface area contributed by atoms with Crippen molar-refractivity contribution in [3.8, 4) is 11.3 Å². The maximum atomic E-state index is 11.2. The van der Waals surface area contributed by atoms with Gasteiger partial charge in [-0.25, -0.2) is 0 Å². The van der Waals surface area contributed by atoms with E-state index in [0.29, 0.717) is 5.92 Å². The van der Waals surface area contributed by atoms with Crippen LogP contribution in [0.4, 0.5) is 5.69 Å². The van der Waals surface area contributed by atoms with Gasteiger partial charge in [-0.15, -0.1) is 0 Å². The third-order valence-corrected chi connectivity index (χ3v) is 5.59. The van der Waals surface area contributed by atoms with Gasteiger partial charge in [0.25, 0.3) is 0 Å². The Morgan fingerprint density at radius 2 is 1.93 bits per heavy atom. The lowest BCUT2D eigenvalue weighted by atomic mass is 9.91. The second kappa shape index (κ2) is 9.18. The highest BCUT2D eigenvalue weighted by Gasteiger charge is 2.25. The van der Waals surface area contributed by atoms with Crippen molar-refractivity contribution >= 4 is 11.6 Å². The van der Waals surface area contributed by atoms with E-state index >= 15 is 0 Å². The topological polar surface area (TPSA) is 58.1 Å². The fourth-order valence-electron chi connectivity index (χ4n) is 4.24. The summed E-state index contributed by atoms with van der Waals surface area (Å²) < 4.78 is 0. The molecule has 0 aliphatic carbocycles. The SMILES string of the molecule is CC(=O)Nc1ccc(CN2CCC[C@@H](c3nccnc3-c3cccc(C)c3)C2)cc1. The number of aryl methyl sites for hydroxylation is 1. The third kappa shape index (κ3) is 4.92. The Balaban J connectivity index is 1.49. The van der Waals surface area contributed by atoms with Gasteiger partial charge in [0, 0.05) is 49.6 Å². The first kappa shape index (κ1) is 20.2. The summed E-state index contributed by atoms with van der Waals surface area (Å²) in [4.78, 5) is 23.2. The molecule has 5 heteroatoms. The quantitative estimate of drug-likeness (QED) is 0.669. The molecular formula is C25H28N4O. The number of anilines is 1. The van der Waals surface area contributed by atoms with Crippen LogP contribution in [-0.2, 0) is 11.3 Å². The number of hydrogen-bond acceptors (Lipinski definition) is 4. The van der Waals surface area contributed by atoms with Crippen molar-refractivity contribution in [3.63, 3.8) is 0 Å². The van der Waals surface area contributed by atoms with Crippen LogP contribution in [0.5, 0.6) is 0 Å². The van der Waals surface area contributed by atoms with Crippen molar-refractivity contribution in [2.45, 2.75) is 39.2 Å². The zero-order valence-corrected chi connectivity index (χ0v) is 17.6. The molecule has 0 spiro atoms. The van der Waals surface area contributed by atoms with E-state index in [9.17, 15) is 4.79 Å². The number of nitrogens with zero attached hydrogens (tertiary/aromatic N) is 3. The molecule has 2 aromatic carbocycles. The average Bonchev–Trinajstić information content (AvgIpc) is 2.75. The first-order valence-electron chi connectivity index (χ1n) is 10.6. The highest BCUT2D eigenvalue weighted by Crippen LogP contribution is 2.32. The van der Waals surface area contributed by atoms with Gasteiger partial charge in [0.15, 0.2) is 0 Å². The fraction of sp³-hybridized carbons (Fsp3) is 0.320. The summed E-state index contributed by atoms with van der Waals surface area (Å²) >= 11 is 0. The number of rotatable bonds is 5. The second-order valence-corrected chi connectivity index (χ2v) is 8.11. The molecule has 0 bridgehead atoms. The second-order valence-electron chi connectivity index (χ2n) is 8.11. The number of piperidine rings is 1. The largest absolute Gasteiger partial charge is 0.326 e. The van der Waals surface area contributed by atoms with Gasteiger partial charge in [0.05, 0.1) is 11.4 Å². The van der Waals surface area contributed by atoms with Gasteiger partial charge in [-0.1, -0.05) is 35.9 Å². The van der Waals surface area contributed by atoms with Crippen LogP contribution in [0.15, 0.2) is 60.9 Å². The lowest BCUT2D eigenvalue weighted by Crippen LogP contribution is -2.34. The molecule has 1 aliphatic heterocycles. The Hall–Kier alpha value is -3.05.